The Balaban J connectivity index is 2.15. The van der Waals surface area contributed by atoms with Crippen molar-refractivity contribution in [2.45, 2.75) is 12.2 Å². The van der Waals surface area contributed by atoms with Gasteiger partial charge in [0.05, 0.1) is 24.5 Å². The van der Waals surface area contributed by atoms with E-state index in [9.17, 15) is 14.6 Å². The zero-order valence-corrected chi connectivity index (χ0v) is 10.3. The number of aromatic nitrogens is 2. The summed E-state index contributed by atoms with van der Waals surface area (Å²) in [5.41, 5.74) is 9.15. The van der Waals surface area contributed by atoms with Gasteiger partial charge in [-0.2, -0.15) is 5.10 Å². The number of aliphatic hydroxyl groups is 2. The summed E-state index contributed by atoms with van der Waals surface area (Å²) in [6.07, 6.45) is 0.469. The molecule has 0 aliphatic rings. The first-order valence-electron chi connectivity index (χ1n) is 5.79. The molecule has 104 valence electrons. The van der Waals surface area contributed by atoms with Gasteiger partial charge >= 0.3 is 0 Å². The number of halogens is 1. The number of aliphatic hydroxyl groups excluding tert-OH is 2. The first-order valence-corrected chi connectivity index (χ1v) is 5.79. The van der Waals surface area contributed by atoms with Gasteiger partial charge < -0.3 is 10.2 Å². The van der Waals surface area contributed by atoms with Crippen LogP contribution >= 0.6 is 0 Å². The predicted molar refractivity (Wildman–Crippen MR) is 68.5 cm³/mol. The Morgan fingerprint density at radius 1 is 1.35 bits per heavy atom. The molecule has 2 N–H and O–H groups in total. The molecule has 1 aromatic heterocycles. The summed E-state index contributed by atoms with van der Waals surface area (Å²) >= 11 is 0. The molecule has 20 heavy (non-hydrogen) atoms. The molecular weight excluding hydrogens is 265 g/mol. The molecule has 1 aromatic carbocycles. The van der Waals surface area contributed by atoms with Crippen molar-refractivity contribution in [3.8, 4) is 5.69 Å². The lowest BCUT2D eigenvalue weighted by atomic mass is 10.1. The second-order valence-electron chi connectivity index (χ2n) is 4.12. The molecule has 8 heteroatoms. The minimum atomic E-state index is -1.21. The van der Waals surface area contributed by atoms with Crippen LogP contribution in [-0.2, 0) is 0 Å². The van der Waals surface area contributed by atoms with Crippen LogP contribution in [-0.4, -0.2) is 32.6 Å². The van der Waals surface area contributed by atoms with Gasteiger partial charge in [0.2, 0.25) is 0 Å². The van der Waals surface area contributed by atoms with Gasteiger partial charge in [-0.25, -0.2) is 9.07 Å². The van der Waals surface area contributed by atoms with E-state index in [4.69, 9.17) is 5.53 Å². The third kappa shape index (κ3) is 3.12. The van der Waals surface area contributed by atoms with Crippen molar-refractivity contribution in [1.82, 2.24) is 9.78 Å². The van der Waals surface area contributed by atoms with Crippen molar-refractivity contribution in [3.63, 3.8) is 0 Å². The molecule has 1 heterocycles. The fraction of sp³-hybridized carbons (Fsp3) is 0.250. The van der Waals surface area contributed by atoms with E-state index in [0.717, 1.165) is 0 Å². The van der Waals surface area contributed by atoms with E-state index in [1.54, 1.807) is 0 Å². The second-order valence-corrected chi connectivity index (χ2v) is 4.12. The molecule has 0 spiro atoms. The molecule has 2 unspecified atom stereocenters. The SMILES string of the molecule is [N-]=[N+]=NCC(O)C(O)c1cnn(-c2ccc(F)cc2)c1. The highest BCUT2D eigenvalue weighted by Crippen LogP contribution is 2.18. The van der Waals surface area contributed by atoms with Crippen LogP contribution in [0.5, 0.6) is 0 Å². The molecule has 0 radical (unpaired) electrons. The molecule has 0 bridgehead atoms. The summed E-state index contributed by atoms with van der Waals surface area (Å²) in [5, 5.41) is 26.7. The lowest BCUT2D eigenvalue weighted by molar-refractivity contribution is 0.0244. The van der Waals surface area contributed by atoms with Crippen molar-refractivity contribution < 1.29 is 14.6 Å². The summed E-state index contributed by atoms with van der Waals surface area (Å²) in [7, 11) is 0. The van der Waals surface area contributed by atoms with Gasteiger partial charge in [-0.15, -0.1) is 0 Å². The first-order chi connectivity index (χ1) is 9.61. The smallest absolute Gasteiger partial charge is 0.123 e. The van der Waals surface area contributed by atoms with Gasteiger partial charge in [-0.3, -0.25) is 0 Å². The van der Waals surface area contributed by atoms with Crippen LogP contribution in [0.15, 0.2) is 41.8 Å². The van der Waals surface area contributed by atoms with Gasteiger partial charge in [0.1, 0.15) is 11.9 Å². The number of rotatable bonds is 5. The van der Waals surface area contributed by atoms with Crippen LogP contribution in [0.25, 0.3) is 16.1 Å². The molecule has 0 amide bonds. The number of nitrogens with zero attached hydrogens (tertiary/aromatic N) is 5. The van der Waals surface area contributed by atoms with Gasteiger partial charge in [-0.1, -0.05) is 5.11 Å². The average molecular weight is 277 g/mol. The molecular formula is C12H12FN5O2. The van der Waals surface area contributed by atoms with Crippen molar-refractivity contribution in [1.29, 1.82) is 0 Å². The summed E-state index contributed by atoms with van der Waals surface area (Å²) in [6.45, 7) is -0.237. The molecule has 7 nitrogen and oxygen atoms in total. The molecule has 0 fully saturated rings. The van der Waals surface area contributed by atoms with E-state index in [0.29, 0.717) is 11.3 Å². The van der Waals surface area contributed by atoms with E-state index >= 15 is 0 Å². The molecule has 0 saturated carbocycles. The fourth-order valence-electron chi connectivity index (χ4n) is 1.67. The van der Waals surface area contributed by atoms with Crippen molar-refractivity contribution in [2.75, 3.05) is 6.54 Å². The highest BCUT2D eigenvalue weighted by atomic mass is 19.1. The Bertz CT molecular complexity index is 621. The number of hydrogen-bond donors (Lipinski definition) is 2. The molecule has 2 atom stereocenters. The van der Waals surface area contributed by atoms with Gasteiger partial charge in [-0.05, 0) is 29.8 Å². The summed E-state index contributed by atoms with van der Waals surface area (Å²) in [4.78, 5) is 2.51. The summed E-state index contributed by atoms with van der Waals surface area (Å²) in [6, 6.07) is 5.66. The zero-order valence-electron chi connectivity index (χ0n) is 10.3. The Morgan fingerprint density at radius 2 is 2.05 bits per heavy atom. The van der Waals surface area contributed by atoms with E-state index < -0.39 is 12.2 Å². The Labute approximate surface area is 113 Å². The second kappa shape index (κ2) is 6.16. The highest BCUT2D eigenvalue weighted by molar-refractivity contribution is 5.31. The van der Waals surface area contributed by atoms with E-state index in [2.05, 4.69) is 15.1 Å². The largest absolute Gasteiger partial charge is 0.390 e. The fourth-order valence-corrected chi connectivity index (χ4v) is 1.67. The maximum Gasteiger partial charge on any atom is 0.123 e. The summed E-state index contributed by atoms with van der Waals surface area (Å²) in [5.74, 6) is -0.356. The van der Waals surface area contributed by atoms with Gasteiger partial charge in [0.25, 0.3) is 0 Å². The van der Waals surface area contributed by atoms with E-state index in [1.807, 2.05) is 0 Å². The Kier molecular flexibility index (Phi) is 4.31. The monoisotopic (exact) mass is 277 g/mol. The molecule has 0 saturated heterocycles. The molecule has 0 aliphatic heterocycles. The maximum atomic E-state index is 12.8. The van der Waals surface area contributed by atoms with Crippen molar-refractivity contribution in [2.24, 2.45) is 5.11 Å². The van der Waals surface area contributed by atoms with Crippen LogP contribution < -0.4 is 0 Å². The zero-order chi connectivity index (χ0) is 14.5. The molecule has 2 aromatic rings. The van der Waals surface area contributed by atoms with Crippen LogP contribution in [0.3, 0.4) is 0 Å². The predicted octanol–water partition coefficient (Wildman–Crippen LogP) is 1.72. The van der Waals surface area contributed by atoms with E-state index in [1.165, 1.54) is 41.3 Å². The Hall–Kier alpha value is -2.41. The summed E-state index contributed by atoms with van der Waals surface area (Å²) < 4.78 is 14.3. The lowest BCUT2D eigenvalue weighted by Crippen LogP contribution is -2.20. The van der Waals surface area contributed by atoms with Crippen molar-refractivity contribution in [3.05, 3.63) is 58.5 Å². The van der Waals surface area contributed by atoms with Gasteiger partial charge in [0, 0.05) is 16.7 Å². The number of azide groups is 1. The van der Waals surface area contributed by atoms with Crippen LogP contribution in [0, 0.1) is 5.82 Å². The molecule has 0 aliphatic carbocycles. The maximum absolute atomic E-state index is 12.8. The number of benzene rings is 1. The standard InChI is InChI=1S/C12H12FN5O2/c13-9-1-3-10(4-2-9)18-7-8(5-16-18)12(20)11(19)6-15-17-14/h1-5,7,11-12,19-20H,6H2. The molecule has 2 rings (SSSR count). The average Bonchev–Trinajstić information content (AvgIpc) is 2.94. The minimum Gasteiger partial charge on any atom is -0.390 e. The first kappa shape index (κ1) is 14.0. The van der Waals surface area contributed by atoms with Crippen molar-refractivity contribution >= 4 is 0 Å². The minimum absolute atomic E-state index is 0.237. The topological polar surface area (TPSA) is 107 Å². The third-order valence-electron chi connectivity index (χ3n) is 2.73. The number of hydrogen-bond acceptors (Lipinski definition) is 4. The van der Waals surface area contributed by atoms with Crippen LogP contribution in [0.2, 0.25) is 0 Å². The third-order valence-corrected chi connectivity index (χ3v) is 2.73. The van der Waals surface area contributed by atoms with Crippen LogP contribution in [0.1, 0.15) is 11.7 Å². The normalized spacial score (nSPS) is 13.6. The Morgan fingerprint density at radius 3 is 2.70 bits per heavy atom. The van der Waals surface area contributed by atoms with E-state index in [-0.39, 0.29) is 12.4 Å². The highest BCUT2D eigenvalue weighted by Gasteiger charge is 2.19. The quantitative estimate of drug-likeness (QED) is 0.493. The van der Waals surface area contributed by atoms with Crippen LogP contribution in [0.4, 0.5) is 4.39 Å². The van der Waals surface area contributed by atoms with Gasteiger partial charge in [0.15, 0.2) is 0 Å². The lowest BCUT2D eigenvalue weighted by Gasteiger charge is -2.13.